The number of unbranched alkanes of at least 4 members (excludes halogenated alkanes) is 2. The van der Waals surface area contributed by atoms with Crippen LogP contribution >= 0.6 is 0 Å². The number of hydrogen-bond donors (Lipinski definition) is 2. The number of esters is 1. The standard InChI is InChI=1S/C21H34O5/c1-15(10-16(2)11-17(3)12-19(23)24)8-6-5-7-9-21(4)13-18(14-22)20(25)26-21/h11-12,15,18,22H,5-10,13-14H2,1-4H3,(H,23,24)/b16-11+,17-12+/t15-,18+,21+/m1/s1. The lowest BCUT2D eigenvalue weighted by molar-refractivity contribution is -0.150. The first-order valence-corrected chi connectivity index (χ1v) is 9.57. The molecule has 1 saturated heterocycles. The molecule has 0 aliphatic carbocycles. The van der Waals surface area contributed by atoms with Crippen LogP contribution in [0.3, 0.4) is 0 Å². The number of carboxylic acids is 1. The Morgan fingerprint density at radius 2 is 2.00 bits per heavy atom. The molecule has 148 valence electrons. The zero-order valence-corrected chi connectivity index (χ0v) is 16.6. The van der Waals surface area contributed by atoms with Gasteiger partial charge in [-0.25, -0.2) is 4.79 Å². The summed E-state index contributed by atoms with van der Waals surface area (Å²) < 4.78 is 5.44. The lowest BCUT2D eigenvalue weighted by Gasteiger charge is -2.22. The largest absolute Gasteiger partial charge is 0.478 e. The Kier molecular flexibility index (Phi) is 9.06. The van der Waals surface area contributed by atoms with E-state index in [0.29, 0.717) is 12.3 Å². The monoisotopic (exact) mass is 366 g/mol. The van der Waals surface area contributed by atoms with E-state index in [2.05, 4.69) is 6.92 Å². The highest BCUT2D eigenvalue weighted by Crippen LogP contribution is 2.35. The van der Waals surface area contributed by atoms with Crippen molar-refractivity contribution in [2.24, 2.45) is 11.8 Å². The normalized spacial score (nSPS) is 25.3. The van der Waals surface area contributed by atoms with Crippen LogP contribution in [0.15, 0.2) is 23.3 Å². The number of hydrogen-bond acceptors (Lipinski definition) is 4. The van der Waals surface area contributed by atoms with Gasteiger partial charge in [0.1, 0.15) is 5.60 Å². The smallest absolute Gasteiger partial charge is 0.328 e. The van der Waals surface area contributed by atoms with Gasteiger partial charge in [0.2, 0.25) is 0 Å². The lowest BCUT2D eigenvalue weighted by atomic mass is 9.90. The number of aliphatic hydroxyl groups excluding tert-OH is 1. The molecule has 5 nitrogen and oxygen atoms in total. The highest BCUT2D eigenvalue weighted by molar-refractivity contribution is 5.81. The third-order valence-corrected chi connectivity index (χ3v) is 4.98. The van der Waals surface area contributed by atoms with Crippen molar-refractivity contribution < 1.29 is 24.5 Å². The zero-order valence-electron chi connectivity index (χ0n) is 16.6. The average Bonchev–Trinajstić information content (AvgIpc) is 2.80. The van der Waals surface area contributed by atoms with E-state index in [9.17, 15) is 14.7 Å². The van der Waals surface area contributed by atoms with E-state index in [1.54, 1.807) is 6.92 Å². The molecule has 0 aromatic carbocycles. The molecule has 0 unspecified atom stereocenters. The van der Waals surface area contributed by atoms with Gasteiger partial charge in [0.05, 0.1) is 12.5 Å². The third-order valence-electron chi connectivity index (χ3n) is 4.98. The second-order valence-corrected chi connectivity index (χ2v) is 8.08. The minimum Gasteiger partial charge on any atom is -0.478 e. The van der Waals surface area contributed by atoms with Crippen molar-refractivity contribution in [1.82, 2.24) is 0 Å². The highest BCUT2D eigenvalue weighted by Gasteiger charge is 2.42. The quantitative estimate of drug-likeness (QED) is 0.247. The fourth-order valence-corrected chi connectivity index (χ4v) is 3.77. The fourth-order valence-electron chi connectivity index (χ4n) is 3.77. The van der Waals surface area contributed by atoms with Gasteiger partial charge in [-0.1, -0.05) is 37.8 Å². The number of aliphatic hydroxyl groups is 1. The van der Waals surface area contributed by atoms with E-state index in [1.165, 1.54) is 11.6 Å². The summed E-state index contributed by atoms with van der Waals surface area (Å²) in [5.41, 5.74) is 1.55. The molecular formula is C21H34O5. The lowest BCUT2D eigenvalue weighted by Crippen LogP contribution is -2.23. The molecule has 0 radical (unpaired) electrons. The molecule has 0 aromatic rings. The van der Waals surface area contributed by atoms with Crippen molar-refractivity contribution in [2.45, 2.75) is 78.2 Å². The second-order valence-electron chi connectivity index (χ2n) is 8.08. The maximum atomic E-state index is 11.6. The van der Waals surface area contributed by atoms with E-state index in [4.69, 9.17) is 9.84 Å². The molecule has 26 heavy (non-hydrogen) atoms. The number of ether oxygens (including phenoxy) is 1. The SMILES string of the molecule is CC(=C\C(=O)O)/C=C(\C)C[C@H](C)CCCCC[C@@]1(C)C[C@@H](CO)C(=O)O1. The molecule has 0 amide bonds. The van der Waals surface area contributed by atoms with Crippen molar-refractivity contribution in [2.75, 3.05) is 6.61 Å². The molecular weight excluding hydrogens is 332 g/mol. The van der Waals surface area contributed by atoms with Gasteiger partial charge in [-0.3, -0.25) is 4.79 Å². The predicted molar refractivity (Wildman–Crippen MR) is 102 cm³/mol. The highest BCUT2D eigenvalue weighted by atomic mass is 16.6. The Hall–Kier alpha value is -1.62. The molecule has 1 heterocycles. The van der Waals surface area contributed by atoms with Crippen LogP contribution in [0.5, 0.6) is 0 Å². The summed E-state index contributed by atoms with van der Waals surface area (Å²) in [5.74, 6) is -0.972. The van der Waals surface area contributed by atoms with Crippen molar-refractivity contribution in [3.8, 4) is 0 Å². The summed E-state index contributed by atoms with van der Waals surface area (Å²) in [4.78, 5) is 22.3. The van der Waals surface area contributed by atoms with Crippen LogP contribution in [-0.4, -0.2) is 34.4 Å². The van der Waals surface area contributed by atoms with Crippen LogP contribution in [0.4, 0.5) is 0 Å². The molecule has 1 rings (SSSR count). The van der Waals surface area contributed by atoms with Crippen molar-refractivity contribution in [3.63, 3.8) is 0 Å². The molecule has 0 spiro atoms. The molecule has 1 fully saturated rings. The summed E-state index contributed by atoms with van der Waals surface area (Å²) in [6.45, 7) is 7.91. The molecule has 5 heteroatoms. The molecule has 0 aromatic heterocycles. The molecule has 0 bridgehead atoms. The Morgan fingerprint density at radius 3 is 2.58 bits per heavy atom. The van der Waals surface area contributed by atoms with E-state index in [-0.39, 0.29) is 18.5 Å². The number of rotatable bonds is 11. The fraction of sp³-hybridized carbons (Fsp3) is 0.714. The minimum atomic E-state index is -0.911. The number of cyclic esters (lactones) is 1. The first-order chi connectivity index (χ1) is 12.1. The van der Waals surface area contributed by atoms with Gasteiger partial charge in [0.25, 0.3) is 0 Å². The minimum absolute atomic E-state index is 0.125. The molecule has 1 aliphatic rings. The van der Waals surface area contributed by atoms with Crippen LogP contribution in [0.1, 0.15) is 72.6 Å². The van der Waals surface area contributed by atoms with Crippen LogP contribution in [0.2, 0.25) is 0 Å². The first-order valence-electron chi connectivity index (χ1n) is 9.57. The van der Waals surface area contributed by atoms with Gasteiger partial charge in [-0.2, -0.15) is 0 Å². The molecule has 0 saturated carbocycles. The predicted octanol–water partition coefficient (Wildman–Crippen LogP) is 4.25. The maximum Gasteiger partial charge on any atom is 0.328 e. The first kappa shape index (κ1) is 22.4. The molecule has 1 aliphatic heterocycles. The van der Waals surface area contributed by atoms with Gasteiger partial charge < -0.3 is 14.9 Å². The van der Waals surface area contributed by atoms with Gasteiger partial charge in [0.15, 0.2) is 0 Å². The van der Waals surface area contributed by atoms with E-state index in [0.717, 1.165) is 44.1 Å². The Balaban J connectivity index is 2.24. The topological polar surface area (TPSA) is 83.8 Å². The summed E-state index contributed by atoms with van der Waals surface area (Å²) >= 11 is 0. The van der Waals surface area contributed by atoms with Gasteiger partial charge in [-0.15, -0.1) is 0 Å². The second kappa shape index (κ2) is 10.5. The molecule has 2 N–H and O–H groups in total. The van der Waals surface area contributed by atoms with E-state index < -0.39 is 11.6 Å². The van der Waals surface area contributed by atoms with Gasteiger partial charge in [0, 0.05) is 12.5 Å². The Labute approximate surface area is 157 Å². The maximum absolute atomic E-state index is 11.6. The van der Waals surface area contributed by atoms with Crippen molar-refractivity contribution in [3.05, 3.63) is 23.3 Å². The number of allylic oxidation sites excluding steroid dienone is 3. The van der Waals surface area contributed by atoms with Crippen molar-refractivity contribution in [1.29, 1.82) is 0 Å². The van der Waals surface area contributed by atoms with Crippen LogP contribution < -0.4 is 0 Å². The Morgan fingerprint density at radius 1 is 1.31 bits per heavy atom. The number of carbonyl (C=O) groups is 2. The summed E-state index contributed by atoms with van der Waals surface area (Å²) in [6, 6.07) is 0. The number of carbonyl (C=O) groups excluding carboxylic acids is 1. The summed E-state index contributed by atoms with van der Waals surface area (Å²) in [7, 11) is 0. The van der Waals surface area contributed by atoms with E-state index >= 15 is 0 Å². The van der Waals surface area contributed by atoms with Crippen LogP contribution in [0.25, 0.3) is 0 Å². The van der Waals surface area contributed by atoms with Crippen molar-refractivity contribution >= 4 is 11.9 Å². The summed E-state index contributed by atoms with van der Waals surface area (Å²) in [5, 5.41) is 17.9. The van der Waals surface area contributed by atoms with Crippen LogP contribution in [-0.2, 0) is 14.3 Å². The number of carboxylic acid groups (broad SMARTS) is 1. The average molecular weight is 366 g/mol. The Bertz CT molecular complexity index is 549. The zero-order chi connectivity index (χ0) is 19.7. The summed E-state index contributed by atoms with van der Waals surface area (Å²) in [6.07, 6.45) is 9.98. The van der Waals surface area contributed by atoms with Gasteiger partial charge in [-0.05, 0) is 51.5 Å². The van der Waals surface area contributed by atoms with Crippen LogP contribution in [0, 0.1) is 11.8 Å². The third kappa shape index (κ3) is 8.17. The molecule has 3 atom stereocenters. The van der Waals surface area contributed by atoms with Gasteiger partial charge >= 0.3 is 11.9 Å². The number of aliphatic carboxylic acids is 1. The van der Waals surface area contributed by atoms with E-state index in [1.807, 2.05) is 19.9 Å².